The minimum absolute atomic E-state index is 0.0567. The standard InChI is InChI=1S/C51H56O13/c1-30-38(61-31(2)52)27-51(58)47(59-28-35-17-10-8-11-18-35)45-49(7,46(57)44(62-32(3)53)42(30)48(51,5)6)39(26-40-50(45,29-60-40)64-33(4)54)63-41(55)21-15-14-16-34-22-24-37(25-23-34)43(56)36-19-12-9-13-20-36/h8-14,16-20,22-25,38-40,44-45,47,58H,15,21,26-29H2,1-7H3/b16-14+/t38-,39-,40+,44+,45-,47-,49+,50-,51+/m0/s1. The van der Waals surface area contributed by atoms with E-state index in [0.717, 1.165) is 11.1 Å². The lowest BCUT2D eigenvalue weighted by molar-refractivity contribution is -0.352. The quantitative estimate of drug-likeness (QED) is 0.0816. The number of Topliss-reactive ketones (excluding diaryl/α,β-unsaturated/α-hetero) is 1. The van der Waals surface area contributed by atoms with E-state index in [1.54, 1.807) is 58.0 Å². The number of carbonyl (C=O) groups is 6. The summed E-state index contributed by atoms with van der Waals surface area (Å²) in [7, 11) is 0. The fourth-order valence-electron chi connectivity index (χ4n) is 10.6. The fraction of sp³-hybridized carbons (Fsp3) is 0.451. The molecule has 1 saturated heterocycles. The van der Waals surface area contributed by atoms with Gasteiger partial charge >= 0.3 is 23.9 Å². The van der Waals surface area contributed by atoms with Crippen LogP contribution in [0.5, 0.6) is 0 Å². The lowest BCUT2D eigenvalue weighted by Gasteiger charge is -2.68. The van der Waals surface area contributed by atoms with Crippen LogP contribution in [-0.4, -0.2) is 88.9 Å². The highest BCUT2D eigenvalue weighted by atomic mass is 16.6. The molecule has 0 aromatic heterocycles. The minimum Gasteiger partial charge on any atom is -0.461 e. The van der Waals surface area contributed by atoms with Gasteiger partial charge in [0.05, 0.1) is 24.7 Å². The van der Waals surface area contributed by atoms with E-state index in [0.29, 0.717) is 16.7 Å². The van der Waals surface area contributed by atoms with Crippen LogP contribution in [0.15, 0.2) is 102 Å². The third kappa shape index (κ3) is 8.36. The van der Waals surface area contributed by atoms with Gasteiger partial charge in [0.2, 0.25) is 0 Å². The van der Waals surface area contributed by atoms with E-state index in [4.69, 9.17) is 28.4 Å². The average molecular weight is 877 g/mol. The number of carbonyl (C=O) groups excluding carboxylic acids is 6. The molecule has 1 aliphatic heterocycles. The molecule has 7 rings (SSSR count). The molecule has 64 heavy (non-hydrogen) atoms. The van der Waals surface area contributed by atoms with Crippen molar-refractivity contribution in [3.8, 4) is 0 Å². The summed E-state index contributed by atoms with van der Waals surface area (Å²) in [5.41, 5.74) is -3.53. The number of aliphatic hydroxyl groups is 1. The number of hydrogen-bond donors (Lipinski definition) is 1. The zero-order chi connectivity index (χ0) is 46.2. The Hall–Kier alpha value is -5.76. The molecule has 0 radical (unpaired) electrons. The van der Waals surface area contributed by atoms with E-state index >= 15 is 4.79 Å². The van der Waals surface area contributed by atoms with Gasteiger partial charge in [0, 0.05) is 62.5 Å². The second-order valence-corrected chi connectivity index (χ2v) is 18.1. The molecule has 2 bridgehead atoms. The number of rotatable bonds is 13. The van der Waals surface area contributed by atoms with Crippen molar-refractivity contribution < 1.29 is 62.3 Å². The Morgan fingerprint density at radius 2 is 1.44 bits per heavy atom. The predicted octanol–water partition coefficient (Wildman–Crippen LogP) is 6.86. The first kappa shape index (κ1) is 46.2. The van der Waals surface area contributed by atoms with Crippen LogP contribution in [-0.2, 0) is 59.0 Å². The SMILES string of the molecule is CC(=O)O[C@H]1C(=O)[C@]2(C)[C@@H](OC(=O)CC/C=C/c3ccc(C(=O)c4ccccc4)cc3)C[C@H]3OC[C@@]3(OC(C)=O)[C@H]2[C@H](OCc2ccccc2)[C@]2(O)C[C@H](OC(C)=O)C(C)=C1C2(C)C. The molecule has 0 spiro atoms. The van der Waals surface area contributed by atoms with Crippen LogP contribution in [0.25, 0.3) is 6.08 Å². The maximum Gasteiger partial charge on any atom is 0.306 e. The Kier molecular flexibility index (Phi) is 13.0. The number of esters is 4. The van der Waals surface area contributed by atoms with Gasteiger partial charge in [0.25, 0.3) is 0 Å². The van der Waals surface area contributed by atoms with Crippen molar-refractivity contribution >= 4 is 41.5 Å². The molecule has 0 unspecified atom stereocenters. The summed E-state index contributed by atoms with van der Waals surface area (Å²) in [4.78, 5) is 81.5. The van der Waals surface area contributed by atoms with Crippen molar-refractivity contribution in [2.45, 2.75) is 122 Å². The zero-order valence-electron chi connectivity index (χ0n) is 37.3. The molecular formula is C51H56O13. The minimum atomic E-state index is -2.02. The van der Waals surface area contributed by atoms with E-state index < -0.39 is 88.1 Å². The number of fused-ring (bicyclic) bond motifs is 5. The summed E-state index contributed by atoms with van der Waals surface area (Å²) in [6.45, 7) is 10.1. The zero-order valence-corrected chi connectivity index (χ0v) is 37.3. The van der Waals surface area contributed by atoms with Crippen molar-refractivity contribution in [2.75, 3.05) is 6.61 Å². The highest BCUT2D eigenvalue weighted by molar-refractivity contribution is 6.09. The molecular weight excluding hydrogens is 821 g/mol. The molecule has 3 aliphatic carbocycles. The van der Waals surface area contributed by atoms with Crippen LogP contribution < -0.4 is 0 Å². The number of ketones is 2. The molecule has 9 atom stereocenters. The Balaban J connectivity index is 1.27. The van der Waals surface area contributed by atoms with Crippen LogP contribution >= 0.6 is 0 Å². The van der Waals surface area contributed by atoms with Crippen molar-refractivity contribution in [3.05, 3.63) is 124 Å². The molecule has 3 aromatic carbocycles. The van der Waals surface area contributed by atoms with Crippen LogP contribution in [0.2, 0.25) is 0 Å². The van der Waals surface area contributed by atoms with Crippen molar-refractivity contribution in [2.24, 2.45) is 16.7 Å². The molecule has 4 aliphatic rings. The molecule has 3 aromatic rings. The van der Waals surface area contributed by atoms with Gasteiger partial charge < -0.3 is 33.5 Å². The maximum absolute atomic E-state index is 15.9. The number of allylic oxidation sites excluding steroid dienone is 1. The van der Waals surface area contributed by atoms with Gasteiger partial charge in [-0.3, -0.25) is 28.8 Å². The summed E-state index contributed by atoms with van der Waals surface area (Å²) >= 11 is 0. The second-order valence-electron chi connectivity index (χ2n) is 18.1. The first-order valence-corrected chi connectivity index (χ1v) is 21.7. The first-order valence-electron chi connectivity index (χ1n) is 21.7. The number of hydrogen-bond acceptors (Lipinski definition) is 13. The maximum atomic E-state index is 15.9. The van der Waals surface area contributed by atoms with Gasteiger partial charge in [-0.1, -0.05) is 111 Å². The third-order valence-corrected chi connectivity index (χ3v) is 13.8. The molecule has 0 amide bonds. The molecule has 1 heterocycles. The van der Waals surface area contributed by atoms with Gasteiger partial charge in [0.15, 0.2) is 23.3 Å². The van der Waals surface area contributed by atoms with Gasteiger partial charge in [-0.05, 0) is 42.5 Å². The molecule has 3 fully saturated rings. The van der Waals surface area contributed by atoms with Crippen LogP contribution in [0, 0.1) is 16.7 Å². The van der Waals surface area contributed by atoms with E-state index in [1.165, 1.54) is 20.8 Å². The molecule has 13 heteroatoms. The topological polar surface area (TPSA) is 178 Å². The Labute approximate surface area is 373 Å². The monoisotopic (exact) mass is 876 g/mol. The Bertz CT molecular complexity index is 2350. The predicted molar refractivity (Wildman–Crippen MR) is 232 cm³/mol. The van der Waals surface area contributed by atoms with Crippen molar-refractivity contribution in [1.82, 2.24) is 0 Å². The van der Waals surface area contributed by atoms with Crippen molar-refractivity contribution in [3.63, 3.8) is 0 Å². The van der Waals surface area contributed by atoms with Gasteiger partial charge in [-0.2, -0.15) is 0 Å². The van der Waals surface area contributed by atoms with E-state index in [2.05, 4.69) is 0 Å². The largest absolute Gasteiger partial charge is 0.461 e. The number of benzene rings is 3. The summed E-state index contributed by atoms with van der Waals surface area (Å²) in [5.74, 6) is -4.78. The van der Waals surface area contributed by atoms with E-state index in [9.17, 15) is 29.1 Å². The smallest absolute Gasteiger partial charge is 0.306 e. The Morgan fingerprint density at radius 1 is 0.812 bits per heavy atom. The van der Waals surface area contributed by atoms with Crippen LogP contribution in [0.4, 0.5) is 0 Å². The first-order chi connectivity index (χ1) is 30.3. The van der Waals surface area contributed by atoms with E-state index in [-0.39, 0.29) is 50.3 Å². The third-order valence-electron chi connectivity index (χ3n) is 13.8. The highest BCUT2D eigenvalue weighted by Gasteiger charge is 2.78. The van der Waals surface area contributed by atoms with Crippen molar-refractivity contribution in [1.29, 1.82) is 0 Å². The van der Waals surface area contributed by atoms with Crippen LogP contribution in [0.1, 0.15) is 101 Å². The van der Waals surface area contributed by atoms with Gasteiger partial charge in [0.1, 0.15) is 23.9 Å². The molecule has 2 saturated carbocycles. The highest BCUT2D eigenvalue weighted by Crippen LogP contribution is 2.65. The normalized spacial score (nSPS) is 30.4. The average Bonchev–Trinajstić information content (AvgIpc) is 3.24. The summed E-state index contributed by atoms with van der Waals surface area (Å²) in [6.07, 6.45) is -2.70. The van der Waals surface area contributed by atoms with Gasteiger partial charge in [-0.25, -0.2) is 0 Å². The molecule has 338 valence electrons. The van der Waals surface area contributed by atoms with Gasteiger partial charge in [-0.15, -0.1) is 0 Å². The van der Waals surface area contributed by atoms with Crippen LogP contribution in [0.3, 0.4) is 0 Å². The summed E-state index contributed by atoms with van der Waals surface area (Å²) in [5, 5.41) is 13.6. The second kappa shape index (κ2) is 18.0. The fourth-order valence-corrected chi connectivity index (χ4v) is 10.6. The molecule has 1 N–H and O–H groups in total. The van der Waals surface area contributed by atoms with E-state index in [1.807, 2.05) is 66.7 Å². The Morgan fingerprint density at radius 3 is 2.03 bits per heavy atom. The summed E-state index contributed by atoms with van der Waals surface area (Å²) in [6, 6.07) is 25.3. The number of ether oxygens (including phenoxy) is 6. The molecule has 13 nitrogen and oxygen atoms in total. The lowest BCUT2D eigenvalue weighted by Crippen LogP contribution is -2.82. The lowest BCUT2D eigenvalue weighted by atomic mass is 9.44. The summed E-state index contributed by atoms with van der Waals surface area (Å²) < 4.78 is 37.4.